The predicted molar refractivity (Wildman–Crippen MR) is 118 cm³/mol. The van der Waals surface area contributed by atoms with Crippen LogP contribution in [0.1, 0.15) is 33.6 Å². The van der Waals surface area contributed by atoms with Crippen molar-refractivity contribution in [3.8, 4) is 11.5 Å². The van der Waals surface area contributed by atoms with Crippen molar-refractivity contribution in [3.63, 3.8) is 0 Å². The molecule has 0 radical (unpaired) electrons. The Hall–Kier alpha value is -3.02. The Bertz CT molecular complexity index is 1250. The highest BCUT2D eigenvalue weighted by atomic mass is 32.2. The van der Waals surface area contributed by atoms with Gasteiger partial charge in [-0.15, -0.1) is 10.2 Å². The van der Waals surface area contributed by atoms with Crippen LogP contribution in [0.5, 0.6) is 11.5 Å². The second kappa shape index (κ2) is 8.49. The molecular formula is C21H20N4O5S2. The number of amides is 1. The summed E-state index contributed by atoms with van der Waals surface area (Å²) in [5, 5.41) is 11.9. The van der Waals surface area contributed by atoms with Crippen molar-refractivity contribution in [1.82, 2.24) is 14.5 Å². The first-order chi connectivity index (χ1) is 15.5. The molecule has 2 aromatic carbocycles. The number of fused-ring (bicyclic) bond motifs is 1. The van der Waals surface area contributed by atoms with E-state index in [0.717, 1.165) is 12.8 Å². The quantitative estimate of drug-likeness (QED) is 0.607. The number of rotatable bonds is 5. The molecular weight excluding hydrogens is 452 g/mol. The van der Waals surface area contributed by atoms with Crippen LogP contribution in [-0.4, -0.2) is 48.7 Å². The number of carbonyl (C=O) groups excluding carboxylic acids is 1. The summed E-state index contributed by atoms with van der Waals surface area (Å²) in [6, 6.07) is 13.6. The maximum Gasteiger partial charge on any atom is 0.286 e. The third-order valence-corrected chi connectivity index (χ3v) is 8.34. The van der Waals surface area contributed by atoms with Crippen molar-refractivity contribution in [3.05, 3.63) is 58.5 Å². The highest BCUT2D eigenvalue weighted by Gasteiger charge is 2.32. The SMILES string of the molecule is O=C(Nc1ccc2c(c1)OCO2)c1nnc(C2CCCN(S(=O)(=O)c3ccccc3)C2)s1. The van der Waals surface area contributed by atoms with E-state index in [1.165, 1.54) is 15.6 Å². The zero-order valence-electron chi connectivity index (χ0n) is 16.9. The summed E-state index contributed by atoms with van der Waals surface area (Å²) in [6.45, 7) is 0.935. The van der Waals surface area contributed by atoms with Crippen molar-refractivity contribution in [2.75, 3.05) is 25.2 Å². The number of sulfonamides is 1. The van der Waals surface area contributed by atoms with E-state index in [1.807, 2.05) is 0 Å². The van der Waals surface area contributed by atoms with Gasteiger partial charge in [0.25, 0.3) is 5.91 Å². The average molecular weight is 473 g/mol. The fourth-order valence-electron chi connectivity index (χ4n) is 3.75. The van der Waals surface area contributed by atoms with Crippen LogP contribution in [0.4, 0.5) is 5.69 Å². The van der Waals surface area contributed by atoms with Gasteiger partial charge >= 0.3 is 0 Å². The molecule has 1 atom stereocenters. The second-order valence-corrected chi connectivity index (χ2v) is 10.4. The Morgan fingerprint density at radius 2 is 1.91 bits per heavy atom. The Balaban J connectivity index is 1.28. The second-order valence-electron chi connectivity index (χ2n) is 7.48. The van der Waals surface area contributed by atoms with Crippen LogP contribution in [0.15, 0.2) is 53.4 Å². The van der Waals surface area contributed by atoms with Crippen molar-refractivity contribution in [2.24, 2.45) is 0 Å². The molecule has 0 saturated carbocycles. The topological polar surface area (TPSA) is 111 Å². The first kappa shape index (κ1) is 20.9. The maximum absolute atomic E-state index is 13.0. The van der Waals surface area contributed by atoms with Crippen LogP contribution in [0, 0.1) is 0 Å². The van der Waals surface area contributed by atoms with Crippen LogP contribution in [0.3, 0.4) is 0 Å². The number of hydrogen-bond donors (Lipinski definition) is 1. The van der Waals surface area contributed by atoms with Crippen LogP contribution < -0.4 is 14.8 Å². The minimum absolute atomic E-state index is 0.105. The van der Waals surface area contributed by atoms with Gasteiger partial charge in [-0.25, -0.2) is 8.42 Å². The van der Waals surface area contributed by atoms with Crippen LogP contribution >= 0.6 is 11.3 Å². The van der Waals surface area contributed by atoms with Gasteiger partial charge in [0.1, 0.15) is 5.01 Å². The lowest BCUT2D eigenvalue weighted by molar-refractivity contribution is 0.102. The molecule has 5 rings (SSSR count). The van der Waals surface area contributed by atoms with Crippen LogP contribution in [0.25, 0.3) is 0 Å². The molecule has 9 nitrogen and oxygen atoms in total. The summed E-state index contributed by atoms with van der Waals surface area (Å²) in [5.74, 6) is 0.722. The molecule has 1 amide bonds. The monoisotopic (exact) mass is 472 g/mol. The molecule has 0 bridgehead atoms. The summed E-state index contributed by atoms with van der Waals surface area (Å²) in [7, 11) is -3.57. The van der Waals surface area contributed by atoms with Crippen molar-refractivity contribution in [1.29, 1.82) is 0 Å². The van der Waals surface area contributed by atoms with Crippen molar-refractivity contribution < 1.29 is 22.7 Å². The fourth-order valence-corrected chi connectivity index (χ4v) is 6.16. The van der Waals surface area contributed by atoms with E-state index >= 15 is 0 Å². The van der Waals surface area contributed by atoms with Gasteiger partial charge in [0.05, 0.1) is 4.90 Å². The van der Waals surface area contributed by atoms with Gasteiger partial charge in [0.15, 0.2) is 11.5 Å². The molecule has 2 aliphatic heterocycles. The van der Waals surface area contributed by atoms with E-state index in [-0.39, 0.29) is 28.5 Å². The van der Waals surface area contributed by atoms with Crippen molar-refractivity contribution >= 4 is 33.0 Å². The molecule has 32 heavy (non-hydrogen) atoms. The highest BCUT2D eigenvalue weighted by molar-refractivity contribution is 7.89. The lowest BCUT2D eigenvalue weighted by Crippen LogP contribution is -2.39. The number of nitrogens with one attached hydrogen (secondary N) is 1. The predicted octanol–water partition coefficient (Wildman–Crippen LogP) is 3.09. The van der Waals surface area contributed by atoms with Gasteiger partial charge in [0, 0.05) is 30.8 Å². The lowest BCUT2D eigenvalue weighted by atomic mass is 10.0. The minimum atomic E-state index is -3.57. The van der Waals surface area contributed by atoms with Gasteiger partial charge in [0.2, 0.25) is 21.8 Å². The van der Waals surface area contributed by atoms with E-state index < -0.39 is 10.0 Å². The van der Waals surface area contributed by atoms with E-state index in [1.54, 1.807) is 48.5 Å². The third-order valence-electron chi connectivity index (χ3n) is 5.38. The van der Waals surface area contributed by atoms with Gasteiger partial charge in [-0.3, -0.25) is 4.79 Å². The Morgan fingerprint density at radius 1 is 1.09 bits per heavy atom. The molecule has 1 unspecified atom stereocenters. The Labute approximate surface area is 189 Å². The van der Waals surface area contributed by atoms with Gasteiger partial charge < -0.3 is 14.8 Å². The normalized spacial score (nSPS) is 18.4. The minimum Gasteiger partial charge on any atom is -0.454 e. The third kappa shape index (κ3) is 4.06. The zero-order valence-corrected chi connectivity index (χ0v) is 18.6. The number of nitrogens with zero attached hydrogens (tertiary/aromatic N) is 3. The smallest absolute Gasteiger partial charge is 0.286 e. The maximum atomic E-state index is 13.0. The number of carbonyl (C=O) groups is 1. The summed E-state index contributed by atoms with van der Waals surface area (Å²) >= 11 is 1.19. The number of ether oxygens (including phenoxy) is 2. The first-order valence-electron chi connectivity index (χ1n) is 10.1. The van der Waals surface area contributed by atoms with Gasteiger partial charge in [-0.05, 0) is 37.1 Å². The molecule has 1 aromatic heterocycles. The summed E-state index contributed by atoms with van der Waals surface area (Å²) in [4.78, 5) is 12.9. The summed E-state index contributed by atoms with van der Waals surface area (Å²) in [5.41, 5.74) is 0.564. The summed E-state index contributed by atoms with van der Waals surface area (Å²) < 4.78 is 38.0. The standard InChI is InChI=1S/C21H20N4O5S2/c26-19(22-15-8-9-17-18(11-15)30-13-29-17)21-24-23-20(31-21)14-5-4-10-25(12-14)32(27,28)16-6-2-1-3-7-16/h1-3,6-9,11,14H,4-5,10,12-13H2,(H,22,26). The Morgan fingerprint density at radius 3 is 2.75 bits per heavy atom. The van der Waals surface area contributed by atoms with Gasteiger partial charge in [-0.1, -0.05) is 29.5 Å². The van der Waals surface area contributed by atoms with Gasteiger partial charge in [-0.2, -0.15) is 4.31 Å². The fraction of sp³-hybridized carbons (Fsp3) is 0.286. The van der Waals surface area contributed by atoms with E-state index in [4.69, 9.17) is 9.47 Å². The lowest BCUT2D eigenvalue weighted by Gasteiger charge is -2.30. The van der Waals surface area contributed by atoms with Crippen LogP contribution in [-0.2, 0) is 10.0 Å². The molecule has 1 N–H and O–H groups in total. The van der Waals surface area contributed by atoms with Crippen molar-refractivity contribution in [2.45, 2.75) is 23.7 Å². The first-order valence-corrected chi connectivity index (χ1v) is 12.4. The summed E-state index contributed by atoms with van der Waals surface area (Å²) in [6.07, 6.45) is 1.51. The average Bonchev–Trinajstić information content (AvgIpc) is 3.49. The largest absolute Gasteiger partial charge is 0.454 e. The van der Waals surface area contributed by atoms with E-state index in [0.29, 0.717) is 35.3 Å². The molecule has 1 fully saturated rings. The molecule has 0 spiro atoms. The molecule has 1 saturated heterocycles. The number of aromatic nitrogens is 2. The Kier molecular flexibility index (Phi) is 5.53. The molecule has 11 heteroatoms. The van der Waals surface area contributed by atoms with E-state index in [2.05, 4.69) is 15.5 Å². The zero-order chi connectivity index (χ0) is 22.1. The number of hydrogen-bond acceptors (Lipinski definition) is 8. The van der Waals surface area contributed by atoms with E-state index in [9.17, 15) is 13.2 Å². The number of anilines is 1. The number of benzene rings is 2. The molecule has 3 aromatic rings. The number of piperidine rings is 1. The van der Waals surface area contributed by atoms with Crippen LogP contribution in [0.2, 0.25) is 0 Å². The molecule has 3 heterocycles. The highest BCUT2D eigenvalue weighted by Crippen LogP contribution is 2.35. The molecule has 2 aliphatic rings. The molecule has 0 aliphatic carbocycles. The molecule has 166 valence electrons.